The molecule has 2 aliphatic carbocycles. The summed E-state index contributed by atoms with van der Waals surface area (Å²) in [6, 6.07) is -0.185. The number of hydrogen-bond acceptors (Lipinski definition) is 6. The molecule has 0 aromatic carbocycles. The van der Waals surface area contributed by atoms with Crippen LogP contribution in [0.3, 0.4) is 0 Å². The number of halogens is 3. The Balaban J connectivity index is 1.70. The maximum absolute atomic E-state index is 14.6. The van der Waals surface area contributed by atoms with Crippen LogP contribution in [-0.2, 0) is 9.59 Å². The van der Waals surface area contributed by atoms with Gasteiger partial charge in [-0.15, -0.1) is 0 Å². The molecule has 1 aromatic rings. The maximum atomic E-state index is 14.6. The molecule has 0 bridgehead atoms. The summed E-state index contributed by atoms with van der Waals surface area (Å²) in [5.74, 6) is -5.94. The van der Waals surface area contributed by atoms with E-state index in [1.54, 1.807) is 0 Å². The number of allylic oxidation sites excluding steroid dienone is 3. The molecule has 0 spiro atoms. The molecule has 1 aliphatic heterocycles. The summed E-state index contributed by atoms with van der Waals surface area (Å²) in [6.07, 6.45) is 5.16. The molecular formula is C20H22F3N5O3. The Hall–Kier alpha value is -3.11. The highest BCUT2D eigenvalue weighted by atomic mass is 19.3. The first-order valence-electron chi connectivity index (χ1n) is 10.0. The van der Waals surface area contributed by atoms with E-state index in [0.29, 0.717) is 12.8 Å². The molecule has 1 atom stereocenters. The predicted molar refractivity (Wildman–Crippen MR) is 107 cm³/mol. The fourth-order valence-electron chi connectivity index (χ4n) is 4.18. The first kappa shape index (κ1) is 21.1. The number of anilines is 3. The molecule has 1 saturated carbocycles. The Bertz CT molecular complexity index is 975. The Labute approximate surface area is 176 Å². The lowest BCUT2D eigenvalue weighted by Crippen LogP contribution is -2.48. The van der Waals surface area contributed by atoms with E-state index < -0.39 is 30.5 Å². The topological polar surface area (TPSA) is 98.7 Å². The number of nitrogens with one attached hydrogen (secondary N) is 1. The molecule has 2 N–H and O–H groups in total. The third kappa shape index (κ3) is 3.96. The largest absolute Gasteiger partial charge is 0.478 e. The van der Waals surface area contributed by atoms with Crippen LogP contribution in [0, 0.1) is 0 Å². The van der Waals surface area contributed by atoms with Crippen LogP contribution in [-0.4, -0.2) is 58.7 Å². The van der Waals surface area contributed by atoms with Gasteiger partial charge in [0.1, 0.15) is 11.9 Å². The van der Waals surface area contributed by atoms with Crippen molar-refractivity contribution in [2.75, 3.05) is 28.7 Å². The van der Waals surface area contributed by atoms with E-state index in [4.69, 9.17) is 5.11 Å². The fourth-order valence-corrected chi connectivity index (χ4v) is 4.18. The number of nitrogens with zero attached hydrogens (tertiary/aromatic N) is 4. The lowest BCUT2D eigenvalue weighted by molar-refractivity contribution is -0.140. The highest BCUT2D eigenvalue weighted by Gasteiger charge is 2.48. The average molecular weight is 437 g/mol. The van der Waals surface area contributed by atoms with Crippen molar-refractivity contribution in [1.29, 1.82) is 0 Å². The SMILES string of the molecule is CN1C(=O)C(F)(F)CN(C2CCCC2)c2nc(NC3=CC=C(C(=O)O)CC3F)ncc21. The number of aromatic nitrogens is 2. The Morgan fingerprint density at radius 3 is 2.65 bits per heavy atom. The van der Waals surface area contributed by atoms with Crippen molar-refractivity contribution in [3.63, 3.8) is 0 Å². The minimum Gasteiger partial charge on any atom is -0.478 e. The molecule has 1 unspecified atom stereocenters. The number of carboxylic acids is 1. The molecule has 3 aliphatic rings. The standard InChI is InChI=1S/C20H22F3N5O3/c1-27-15-9-24-19(25-14-7-6-11(17(29)30)8-13(14)21)26-16(15)28(12-4-2-3-5-12)10-20(22,23)18(27)31/h6-7,9,12-13H,2-5,8,10H2,1H3,(H,29,30)(H,24,25,26). The number of hydrogen-bond donors (Lipinski definition) is 2. The van der Waals surface area contributed by atoms with Gasteiger partial charge < -0.3 is 20.2 Å². The zero-order chi connectivity index (χ0) is 22.3. The number of fused-ring (bicyclic) bond motifs is 1. The first-order chi connectivity index (χ1) is 14.7. The molecule has 166 valence electrons. The van der Waals surface area contributed by atoms with Crippen molar-refractivity contribution in [2.45, 2.75) is 50.2 Å². The summed E-state index contributed by atoms with van der Waals surface area (Å²) in [6.45, 7) is -0.788. The predicted octanol–water partition coefficient (Wildman–Crippen LogP) is 2.89. The van der Waals surface area contributed by atoms with E-state index in [2.05, 4.69) is 15.3 Å². The monoisotopic (exact) mass is 437 g/mol. The number of aliphatic carboxylic acids is 1. The Kier molecular flexibility index (Phi) is 5.36. The minimum absolute atomic E-state index is 0.0195. The average Bonchev–Trinajstić information content (AvgIpc) is 3.24. The van der Waals surface area contributed by atoms with E-state index in [-0.39, 0.29) is 41.2 Å². The number of carbonyl (C=O) groups excluding carboxylic acids is 1. The van der Waals surface area contributed by atoms with Crippen LogP contribution in [0.2, 0.25) is 0 Å². The van der Waals surface area contributed by atoms with Gasteiger partial charge in [0.2, 0.25) is 5.95 Å². The molecule has 8 nitrogen and oxygen atoms in total. The Morgan fingerprint density at radius 2 is 2.00 bits per heavy atom. The summed E-state index contributed by atoms with van der Waals surface area (Å²) in [4.78, 5) is 34.1. The molecule has 2 heterocycles. The number of carboxylic acid groups (broad SMARTS) is 1. The smallest absolute Gasteiger partial charge is 0.342 e. The van der Waals surface area contributed by atoms with E-state index >= 15 is 0 Å². The highest BCUT2D eigenvalue weighted by Crippen LogP contribution is 2.39. The number of carbonyl (C=O) groups is 2. The third-order valence-corrected chi connectivity index (χ3v) is 5.87. The molecular weight excluding hydrogens is 415 g/mol. The van der Waals surface area contributed by atoms with Gasteiger partial charge in [-0.25, -0.2) is 14.2 Å². The van der Waals surface area contributed by atoms with Crippen LogP contribution in [0.5, 0.6) is 0 Å². The maximum Gasteiger partial charge on any atom is 0.342 e. The second kappa shape index (κ2) is 7.86. The summed E-state index contributed by atoms with van der Waals surface area (Å²) in [5, 5.41) is 11.7. The normalized spacial score (nSPS) is 23.7. The molecule has 0 radical (unpaired) electrons. The third-order valence-electron chi connectivity index (χ3n) is 5.87. The minimum atomic E-state index is -3.58. The molecule has 0 saturated heterocycles. The first-order valence-corrected chi connectivity index (χ1v) is 10.0. The van der Waals surface area contributed by atoms with Gasteiger partial charge in [0.15, 0.2) is 5.82 Å². The van der Waals surface area contributed by atoms with Gasteiger partial charge in [-0.3, -0.25) is 4.79 Å². The van der Waals surface area contributed by atoms with Crippen LogP contribution in [0.1, 0.15) is 32.1 Å². The van der Waals surface area contributed by atoms with Crippen molar-refractivity contribution in [3.8, 4) is 0 Å². The van der Waals surface area contributed by atoms with Crippen LogP contribution in [0.25, 0.3) is 0 Å². The summed E-state index contributed by atoms with van der Waals surface area (Å²) in [7, 11) is 1.25. The zero-order valence-electron chi connectivity index (χ0n) is 16.8. The summed E-state index contributed by atoms with van der Waals surface area (Å²) in [5.41, 5.74) is 0.165. The molecule has 1 fully saturated rings. The van der Waals surface area contributed by atoms with Gasteiger partial charge in [0, 0.05) is 25.1 Å². The lowest BCUT2D eigenvalue weighted by atomic mass is 10.0. The van der Waals surface area contributed by atoms with Gasteiger partial charge in [-0.2, -0.15) is 13.8 Å². The van der Waals surface area contributed by atoms with E-state index in [1.165, 1.54) is 30.3 Å². The number of amides is 1. The molecule has 1 aromatic heterocycles. The van der Waals surface area contributed by atoms with Crippen molar-refractivity contribution >= 4 is 29.3 Å². The Morgan fingerprint density at radius 1 is 1.29 bits per heavy atom. The van der Waals surface area contributed by atoms with Gasteiger partial charge in [0.25, 0.3) is 5.91 Å². The summed E-state index contributed by atoms with van der Waals surface area (Å²) < 4.78 is 43.6. The fraction of sp³-hybridized carbons (Fsp3) is 0.500. The van der Waals surface area contributed by atoms with Gasteiger partial charge in [-0.05, 0) is 25.0 Å². The van der Waals surface area contributed by atoms with E-state index in [1.807, 2.05) is 0 Å². The highest BCUT2D eigenvalue weighted by molar-refractivity contribution is 6.02. The van der Waals surface area contributed by atoms with Gasteiger partial charge in [0.05, 0.1) is 18.4 Å². The van der Waals surface area contributed by atoms with Crippen molar-refractivity contribution in [3.05, 3.63) is 29.6 Å². The number of alkyl halides is 3. The van der Waals surface area contributed by atoms with Crippen LogP contribution < -0.4 is 15.1 Å². The number of rotatable bonds is 4. The quantitative estimate of drug-likeness (QED) is 0.747. The van der Waals surface area contributed by atoms with E-state index in [0.717, 1.165) is 17.7 Å². The van der Waals surface area contributed by atoms with Crippen LogP contribution >= 0.6 is 0 Å². The van der Waals surface area contributed by atoms with Crippen molar-refractivity contribution in [1.82, 2.24) is 9.97 Å². The zero-order valence-corrected chi connectivity index (χ0v) is 16.8. The second-order valence-corrected chi connectivity index (χ2v) is 7.95. The summed E-state index contributed by atoms with van der Waals surface area (Å²) >= 11 is 0. The second-order valence-electron chi connectivity index (χ2n) is 7.95. The van der Waals surface area contributed by atoms with Gasteiger partial charge in [-0.1, -0.05) is 12.8 Å². The van der Waals surface area contributed by atoms with Crippen molar-refractivity contribution < 1.29 is 27.9 Å². The molecule has 11 heteroatoms. The molecule has 31 heavy (non-hydrogen) atoms. The molecule has 1 amide bonds. The van der Waals surface area contributed by atoms with Crippen LogP contribution in [0.4, 0.5) is 30.6 Å². The molecule has 4 rings (SSSR count). The van der Waals surface area contributed by atoms with E-state index in [9.17, 15) is 22.8 Å². The van der Waals surface area contributed by atoms with Gasteiger partial charge >= 0.3 is 11.9 Å². The van der Waals surface area contributed by atoms with Crippen LogP contribution in [0.15, 0.2) is 29.6 Å². The lowest BCUT2D eigenvalue weighted by Gasteiger charge is -2.31. The van der Waals surface area contributed by atoms with Crippen molar-refractivity contribution in [2.24, 2.45) is 0 Å².